The summed E-state index contributed by atoms with van der Waals surface area (Å²) in [6.07, 6.45) is 3.10. The van der Waals surface area contributed by atoms with Gasteiger partial charge in [0.1, 0.15) is 0 Å². The Kier molecular flexibility index (Phi) is 1.71. The van der Waals surface area contributed by atoms with Crippen LogP contribution in [0.4, 0.5) is 0 Å². The molecule has 0 aromatic carbocycles. The number of hydrogen-bond acceptors (Lipinski definition) is 1. The van der Waals surface area contributed by atoms with E-state index >= 15 is 0 Å². The number of fused-ring (bicyclic) bond motifs is 1. The second kappa shape index (κ2) is 2.61. The maximum Gasteiger partial charge on any atom is 0.246 e. The van der Waals surface area contributed by atoms with Crippen molar-refractivity contribution in [3.05, 3.63) is 11.6 Å². The average molecular weight is 165 g/mol. The predicted octanol–water partition coefficient (Wildman–Crippen LogP) is 1.43. The lowest BCUT2D eigenvalue weighted by Crippen LogP contribution is -2.28. The Bertz CT molecular complexity index is 230. The number of rotatable bonds is 1. The number of likely N-dealkylation sites (tertiary alicyclic amines) is 1. The summed E-state index contributed by atoms with van der Waals surface area (Å²) in [6, 6.07) is 0. The van der Waals surface area contributed by atoms with Crippen LogP contribution >= 0.6 is 0 Å². The number of carbonyl (C=O) groups excluding carboxylic acids is 1. The Balaban J connectivity index is 1.93. The molecule has 2 fully saturated rings. The maximum atomic E-state index is 11.5. The van der Waals surface area contributed by atoms with Gasteiger partial charge in [0.05, 0.1) is 0 Å². The van der Waals surface area contributed by atoms with Crippen molar-refractivity contribution in [2.45, 2.75) is 20.3 Å². The molecule has 2 heteroatoms. The molecule has 0 radical (unpaired) electrons. The molecule has 1 aliphatic heterocycles. The van der Waals surface area contributed by atoms with Crippen LogP contribution in [0.25, 0.3) is 0 Å². The summed E-state index contributed by atoms with van der Waals surface area (Å²) in [6.45, 7) is 5.95. The van der Waals surface area contributed by atoms with E-state index in [4.69, 9.17) is 0 Å². The van der Waals surface area contributed by atoms with Gasteiger partial charge in [-0.25, -0.2) is 0 Å². The molecule has 0 bridgehead atoms. The van der Waals surface area contributed by atoms with Crippen LogP contribution < -0.4 is 0 Å². The van der Waals surface area contributed by atoms with Crippen molar-refractivity contribution in [2.24, 2.45) is 11.8 Å². The number of piperidine rings is 1. The topological polar surface area (TPSA) is 20.3 Å². The summed E-state index contributed by atoms with van der Waals surface area (Å²) in [5.74, 6) is 1.90. The van der Waals surface area contributed by atoms with E-state index in [-0.39, 0.29) is 5.91 Å². The number of amides is 1. The minimum Gasteiger partial charge on any atom is -0.339 e. The van der Waals surface area contributed by atoms with Crippen LogP contribution in [-0.4, -0.2) is 23.9 Å². The highest BCUT2D eigenvalue weighted by atomic mass is 16.2. The summed E-state index contributed by atoms with van der Waals surface area (Å²) in [4.78, 5) is 13.4. The minimum absolute atomic E-state index is 0.210. The van der Waals surface area contributed by atoms with E-state index < -0.39 is 0 Å². The Hall–Kier alpha value is -0.790. The fraction of sp³-hybridized carbons (Fsp3) is 0.700. The van der Waals surface area contributed by atoms with Crippen molar-refractivity contribution in [3.8, 4) is 0 Å². The van der Waals surface area contributed by atoms with Crippen LogP contribution in [0.15, 0.2) is 11.6 Å². The molecule has 2 nitrogen and oxygen atoms in total. The third-order valence-electron chi connectivity index (χ3n) is 2.70. The first-order chi connectivity index (χ1) is 5.66. The quantitative estimate of drug-likeness (QED) is 0.538. The fourth-order valence-corrected chi connectivity index (χ4v) is 1.92. The average Bonchev–Trinajstić information content (AvgIpc) is 2.57. The van der Waals surface area contributed by atoms with Crippen LogP contribution in [0.1, 0.15) is 20.3 Å². The first kappa shape index (κ1) is 7.84. The van der Waals surface area contributed by atoms with E-state index in [1.807, 2.05) is 18.7 Å². The van der Waals surface area contributed by atoms with Crippen LogP contribution in [0.2, 0.25) is 0 Å². The normalized spacial score (nSPS) is 31.3. The predicted molar refractivity (Wildman–Crippen MR) is 47.6 cm³/mol. The molecule has 2 rings (SSSR count). The molecule has 1 aliphatic carbocycles. The Morgan fingerprint density at radius 2 is 1.92 bits per heavy atom. The summed E-state index contributed by atoms with van der Waals surface area (Å²) >= 11 is 0. The van der Waals surface area contributed by atoms with Crippen LogP contribution in [0, 0.1) is 11.8 Å². The molecule has 0 spiro atoms. The van der Waals surface area contributed by atoms with Gasteiger partial charge in [-0.2, -0.15) is 0 Å². The lowest BCUT2D eigenvalue weighted by atomic mass is 10.3. The second-order valence-electron chi connectivity index (χ2n) is 4.22. The molecule has 0 aromatic rings. The Morgan fingerprint density at radius 3 is 2.42 bits per heavy atom. The lowest BCUT2D eigenvalue weighted by molar-refractivity contribution is -0.125. The van der Waals surface area contributed by atoms with Gasteiger partial charge in [-0.3, -0.25) is 4.79 Å². The van der Waals surface area contributed by atoms with E-state index in [1.54, 1.807) is 6.08 Å². The fourth-order valence-electron chi connectivity index (χ4n) is 1.92. The van der Waals surface area contributed by atoms with E-state index in [0.29, 0.717) is 0 Å². The number of nitrogens with zero attached hydrogens (tertiary/aromatic N) is 1. The largest absolute Gasteiger partial charge is 0.339 e. The maximum absolute atomic E-state index is 11.5. The standard InChI is InChI=1S/C10H15NO/c1-7(2)3-10(12)11-5-8-4-9(8)6-11/h3,8-9H,4-6H2,1-2H3. The van der Waals surface area contributed by atoms with Crippen molar-refractivity contribution >= 4 is 5.91 Å². The summed E-state index contributed by atoms with van der Waals surface area (Å²) in [7, 11) is 0. The number of allylic oxidation sites excluding steroid dienone is 1. The number of carbonyl (C=O) groups is 1. The molecule has 2 aliphatic rings. The van der Waals surface area contributed by atoms with Gasteiger partial charge in [-0.1, -0.05) is 5.57 Å². The Labute approximate surface area is 73.2 Å². The van der Waals surface area contributed by atoms with Crippen molar-refractivity contribution < 1.29 is 4.79 Å². The SMILES string of the molecule is CC(C)=CC(=O)N1CC2CC2C1. The van der Waals surface area contributed by atoms with Gasteiger partial charge in [0, 0.05) is 19.2 Å². The van der Waals surface area contributed by atoms with Gasteiger partial charge in [-0.15, -0.1) is 0 Å². The highest BCUT2D eigenvalue weighted by molar-refractivity contribution is 5.88. The van der Waals surface area contributed by atoms with Gasteiger partial charge in [0.2, 0.25) is 5.91 Å². The zero-order chi connectivity index (χ0) is 8.72. The van der Waals surface area contributed by atoms with E-state index in [0.717, 1.165) is 30.5 Å². The van der Waals surface area contributed by atoms with E-state index in [1.165, 1.54) is 6.42 Å². The molecule has 1 heterocycles. The van der Waals surface area contributed by atoms with Gasteiger partial charge in [0.25, 0.3) is 0 Å². The van der Waals surface area contributed by atoms with Crippen molar-refractivity contribution in [1.82, 2.24) is 4.90 Å². The first-order valence-electron chi connectivity index (χ1n) is 4.60. The molecule has 2 atom stereocenters. The molecule has 0 N–H and O–H groups in total. The van der Waals surface area contributed by atoms with Crippen LogP contribution in [0.5, 0.6) is 0 Å². The van der Waals surface area contributed by atoms with Crippen molar-refractivity contribution in [3.63, 3.8) is 0 Å². The summed E-state index contributed by atoms with van der Waals surface area (Å²) in [5, 5.41) is 0. The van der Waals surface area contributed by atoms with Crippen molar-refractivity contribution in [1.29, 1.82) is 0 Å². The third-order valence-corrected chi connectivity index (χ3v) is 2.70. The summed E-state index contributed by atoms with van der Waals surface area (Å²) in [5.41, 5.74) is 1.10. The van der Waals surface area contributed by atoms with E-state index in [2.05, 4.69) is 0 Å². The first-order valence-corrected chi connectivity index (χ1v) is 4.60. The highest BCUT2D eigenvalue weighted by Gasteiger charge is 2.46. The van der Waals surface area contributed by atoms with Gasteiger partial charge in [-0.05, 0) is 32.1 Å². The number of hydrogen-bond donors (Lipinski definition) is 0. The molecule has 1 saturated carbocycles. The molecule has 1 saturated heterocycles. The smallest absolute Gasteiger partial charge is 0.246 e. The third kappa shape index (κ3) is 1.38. The van der Waals surface area contributed by atoms with Gasteiger partial charge >= 0.3 is 0 Å². The van der Waals surface area contributed by atoms with Gasteiger partial charge in [0.15, 0.2) is 0 Å². The lowest BCUT2D eigenvalue weighted by Gasteiger charge is -2.15. The minimum atomic E-state index is 0.210. The molecule has 66 valence electrons. The monoisotopic (exact) mass is 165 g/mol. The Morgan fingerprint density at radius 1 is 1.33 bits per heavy atom. The zero-order valence-corrected chi connectivity index (χ0v) is 7.71. The molecule has 1 amide bonds. The molecular formula is C10H15NO. The van der Waals surface area contributed by atoms with Crippen LogP contribution in [-0.2, 0) is 4.79 Å². The highest BCUT2D eigenvalue weighted by Crippen LogP contribution is 2.44. The molecular weight excluding hydrogens is 150 g/mol. The van der Waals surface area contributed by atoms with Crippen molar-refractivity contribution in [2.75, 3.05) is 13.1 Å². The van der Waals surface area contributed by atoms with Crippen LogP contribution in [0.3, 0.4) is 0 Å². The van der Waals surface area contributed by atoms with E-state index in [9.17, 15) is 4.79 Å². The second-order valence-corrected chi connectivity index (χ2v) is 4.22. The molecule has 2 unspecified atom stereocenters. The van der Waals surface area contributed by atoms with Gasteiger partial charge < -0.3 is 4.90 Å². The zero-order valence-electron chi connectivity index (χ0n) is 7.71. The summed E-state index contributed by atoms with van der Waals surface area (Å²) < 4.78 is 0. The molecule has 12 heavy (non-hydrogen) atoms. The molecule has 0 aromatic heterocycles.